The summed E-state index contributed by atoms with van der Waals surface area (Å²) < 4.78 is 5.80. The molecule has 0 aliphatic carbocycles. The van der Waals surface area contributed by atoms with E-state index in [0.717, 1.165) is 24.2 Å². The summed E-state index contributed by atoms with van der Waals surface area (Å²) >= 11 is 0. The zero-order valence-electron chi connectivity index (χ0n) is 17.6. The topological polar surface area (TPSA) is 62.6 Å². The van der Waals surface area contributed by atoms with Crippen LogP contribution >= 0.6 is 0 Å². The van der Waals surface area contributed by atoms with Gasteiger partial charge in [-0.2, -0.15) is 0 Å². The van der Waals surface area contributed by atoms with Gasteiger partial charge in [-0.3, -0.25) is 14.5 Å². The maximum Gasteiger partial charge on any atom is 0.287 e. The maximum atomic E-state index is 12.8. The van der Waals surface area contributed by atoms with Gasteiger partial charge in [0, 0.05) is 12.6 Å². The Morgan fingerprint density at radius 3 is 2.47 bits per heavy atom. The van der Waals surface area contributed by atoms with Crippen molar-refractivity contribution in [3.05, 3.63) is 81.2 Å². The Morgan fingerprint density at radius 2 is 1.73 bits per heavy atom. The Bertz CT molecular complexity index is 1100. The van der Waals surface area contributed by atoms with Crippen molar-refractivity contribution in [2.24, 2.45) is 0 Å². The monoisotopic (exact) mass is 404 g/mol. The highest BCUT2D eigenvalue weighted by molar-refractivity contribution is 5.93. The Hall–Kier alpha value is -2.92. The second-order valence-electron chi connectivity index (χ2n) is 8.14. The smallest absolute Gasteiger partial charge is 0.287 e. The minimum Gasteiger partial charge on any atom is -0.451 e. The molecule has 1 saturated heterocycles. The number of nitrogens with zero attached hydrogens (tertiary/aromatic N) is 1. The summed E-state index contributed by atoms with van der Waals surface area (Å²) in [7, 11) is 0. The van der Waals surface area contributed by atoms with Gasteiger partial charge in [-0.15, -0.1) is 0 Å². The van der Waals surface area contributed by atoms with Crippen LogP contribution in [0.4, 0.5) is 0 Å². The largest absolute Gasteiger partial charge is 0.451 e. The van der Waals surface area contributed by atoms with Crippen LogP contribution < -0.4 is 10.7 Å². The van der Waals surface area contributed by atoms with Gasteiger partial charge in [-0.1, -0.05) is 36.8 Å². The first kappa shape index (κ1) is 20.4. The molecule has 0 bridgehead atoms. The third-order valence-electron chi connectivity index (χ3n) is 6.04. The van der Waals surface area contributed by atoms with Crippen LogP contribution in [0.3, 0.4) is 0 Å². The molecule has 0 spiro atoms. The van der Waals surface area contributed by atoms with Crippen LogP contribution in [-0.2, 0) is 0 Å². The summed E-state index contributed by atoms with van der Waals surface area (Å²) in [5.41, 5.74) is 3.49. The number of hydrogen-bond acceptors (Lipinski definition) is 4. The standard InChI is InChI=1S/C25H28N2O3/c1-17-13-20-22(28)15-24(30-23(20)14-18(17)2)25(29)26-16-21(19-9-5-3-6-10-19)27-11-7-4-8-12-27/h3,5-6,9-10,13-15,21H,4,7-8,11-12,16H2,1-2H3,(H,26,29)/t21-/m1/s1. The fourth-order valence-corrected chi connectivity index (χ4v) is 4.16. The number of piperidine rings is 1. The molecule has 5 heteroatoms. The lowest BCUT2D eigenvalue weighted by molar-refractivity contribution is 0.0897. The zero-order valence-corrected chi connectivity index (χ0v) is 17.6. The second kappa shape index (κ2) is 8.84. The molecule has 1 aromatic heterocycles. The highest BCUT2D eigenvalue weighted by Gasteiger charge is 2.23. The number of hydrogen-bond donors (Lipinski definition) is 1. The molecule has 1 aliphatic heterocycles. The van der Waals surface area contributed by atoms with Crippen molar-refractivity contribution < 1.29 is 9.21 Å². The van der Waals surface area contributed by atoms with Crippen LogP contribution in [-0.4, -0.2) is 30.4 Å². The van der Waals surface area contributed by atoms with E-state index in [1.54, 1.807) is 0 Å². The Morgan fingerprint density at radius 1 is 1.03 bits per heavy atom. The molecule has 1 aliphatic rings. The molecule has 1 fully saturated rings. The van der Waals surface area contributed by atoms with Crippen LogP contribution in [0.15, 0.2) is 57.7 Å². The van der Waals surface area contributed by atoms with Crippen molar-refractivity contribution in [1.82, 2.24) is 10.2 Å². The SMILES string of the molecule is Cc1cc2oc(C(=O)NC[C@H](c3ccccc3)N3CCCCC3)cc(=O)c2cc1C. The number of benzene rings is 2. The number of rotatable bonds is 5. The molecule has 0 saturated carbocycles. The Balaban J connectivity index is 1.56. The predicted octanol–water partition coefficient (Wildman–Crippen LogP) is 4.37. The lowest BCUT2D eigenvalue weighted by Crippen LogP contribution is -2.40. The van der Waals surface area contributed by atoms with Crippen molar-refractivity contribution in [2.45, 2.75) is 39.2 Å². The normalized spacial score (nSPS) is 15.8. The average Bonchev–Trinajstić information content (AvgIpc) is 2.76. The number of fused-ring (bicyclic) bond motifs is 1. The molecular weight excluding hydrogens is 376 g/mol. The molecule has 2 heterocycles. The third kappa shape index (κ3) is 4.31. The van der Waals surface area contributed by atoms with E-state index in [1.165, 1.54) is 30.9 Å². The molecule has 1 N–H and O–H groups in total. The lowest BCUT2D eigenvalue weighted by atomic mass is 10.0. The van der Waals surface area contributed by atoms with Crippen LogP contribution in [0.5, 0.6) is 0 Å². The quantitative estimate of drug-likeness (QED) is 0.686. The first-order chi connectivity index (χ1) is 14.5. The molecule has 156 valence electrons. The van der Waals surface area contributed by atoms with E-state index in [1.807, 2.05) is 44.2 Å². The molecule has 1 atom stereocenters. The Kier molecular flexibility index (Phi) is 6.00. The van der Waals surface area contributed by atoms with Gasteiger partial charge in [0.2, 0.25) is 0 Å². The number of carbonyl (C=O) groups is 1. The second-order valence-corrected chi connectivity index (χ2v) is 8.14. The minimum atomic E-state index is -0.356. The Labute approximate surface area is 176 Å². The van der Waals surface area contributed by atoms with Gasteiger partial charge in [0.15, 0.2) is 11.2 Å². The van der Waals surface area contributed by atoms with Crippen molar-refractivity contribution >= 4 is 16.9 Å². The highest BCUT2D eigenvalue weighted by Crippen LogP contribution is 2.24. The van der Waals surface area contributed by atoms with E-state index >= 15 is 0 Å². The van der Waals surface area contributed by atoms with Crippen LogP contribution in [0.25, 0.3) is 11.0 Å². The lowest BCUT2D eigenvalue weighted by Gasteiger charge is -2.35. The van der Waals surface area contributed by atoms with Crippen molar-refractivity contribution in [3.63, 3.8) is 0 Å². The van der Waals surface area contributed by atoms with Gasteiger partial charge in [-0.05, 0) is 68.6 Å². The number of likely N-dealkylation sites (tertiary alicyclic amines) is 1. The molecule has 0 unspecified atom stereocenters. The molecule has 30 heavy (non-hydrogen) atoms. The summed E-state index contributed by atoms with van der Waals surface area (Å²) in [6, 6.07) is 15.3. The van der Waals surface area contributed by atoms with Crippen LogP contribution in [0.1, 0.15) is 52.5 Å². The molecule has 1 amide bonds. The van der Waals surface area contributed by atoms with Gasteiger partial charge in [0.1, 0.15) is 5.58 Å². The van der Waals surface area contributed by atoms with Crippen LogP contribution in [0.2, 0.25) is 0 Å². The molecule has 4 rings (SSSR count). The fourth-order valence-electron chi connectivity index (χ4n) is 4.16. The molecule has 3 aromatic rings. The molecule has 0 radical (unpaired) electrons. The minimum absolute atomic E-state index is 0.0567. The number of aryl methyl sites for hydroxylation is 2. The van der Waals surface area contributed by atoms with Crippen molar-refractivity contribution in [1.29, 1.82) is 0 Å². The number of carbonyl (C=O) groups excluding carboxylic acids is 1. The fraction of sp³-hybridized carbons (Fsp3) is 0.360. The average molecular weight is 405 g/mol. The third-order valence-corrected chi connectivity index (χ3v) is 6.04. The summed E-state index contributed by atoms with van der Waals surface area (Å²) in [6.07, 6.45) is 3.61. The first-order valence-corrected chi connectivity index (χ1v) is 10.7. The zero-order chi connectivity index (χ0) is 21.1. The molecular formula is C25H28N2O3. The van der Waals surface area contributed by atoms with Gasteiger partial charge >= 0.3 is 0 Å². The molecule has 2 aromatic carbocycles. The van der Waals surface area contributed by atoms with Gasteiger partial charge < -0.3 is 9.73 Å². The summed E-state index contributed by atoms with van der Waals surface area (Å²) in [5, 5.41) is 3.50. The summed E-state index contributed by atoms with van der Waals surface area (Å²) in [4.78, 5) is 27.8. The van der Waals surface area contributed by atoms with E-state index in [4.69, 9.17) is 4.42 Å². The van der Waals surface area contributed by atoms with Gasteiger partial charge in [0.25, 0.3) is 5.91 Å². The number of amides is 1. The summed E-state index contributed by atoms with van der Waals surface area (Å²) in [5.74, 6) is -0.300. The predicted molar refractivity (Wildman–Crippen MR) is 119 cm³/mol. The van der Waals surface area contributed by atoms with Crippen LogP contribution in [0, 0.1) is 13.8 Å². The van der Waals surface area contributed by atoms with Gasteiger partial charge in [-0.25, -0.2) is 0 Å². The van der Waals surface area contributed by atoms with E-state index in [2.05, 4.69) is 22.3 Å². The maximum absolute atomic E-state index is 12.8. The van der Waals surface area contributed by atoms with Crippen molar-refractivity contribution in [2.75, 3.05) is 19.6 Å². The van der Waals surface area contributed by atoms with E-state index < -0.39 is 0 Å². The van der Waals surface area contributed by atoms with E-state index in [0.29, 0.717) is 17.5 Å². The van der Waals surface area contributed by atoms with Crippen molar-refractivity contribution in [3.8, 4) is 0 Å². The molecule has 5 nitrogen and oxygen atoms in total. The summed E-state index contributed by atoms with van der Waals surface area (Å²) in [6.45, 7) is 6.44. The highest BCUT2D eigenvalue weighted by atomic mass is 16.3. The van der Waals surface area contributed by atoms with Gasteiger partial charge in [0.05, 0.1) is 11.4 Å². The van der Waals surface area contributed by atoms with E-state index in [-0.39, 0.29) is 23.1 Å². The number of nitrogens with one attached hydrogen (secondary N) is 1. The van der Waals surface area contributed by atoms with E-state index in [9.17, 15) is 9.59 Å². The first-order valence-electron chi connectivity index (χ1n) is 10.7.